The topological polar surface area (TPSA) is 83.5 Å². The van der Waals surface area contributed by atoms with Gasteiger partial charge in [-0.1, -0.05) is 12.1 Å². The Morgan fingerprint density at radius 2 is 1.85 bits per heavy atom. The first-order valence-corrected chi connectivity index (χ1v) is 11.2. The SMILES string of the molecule is CCNC(=NCc1ccc(S(C)(=O)=O)cc1)NCCc1nc(C)c(C)s1.I. The van der Waals surface area contributed by atoms with Crippen LogP contribution in [0.3, 0.4) is 0 Å². The molecular formula is C18H27IN4O2S2. The maximum absolute atomic E-state index is 11.5. The van der Waals surface area contributed by atoms with E-state index in [1.165, 1.54) is 11.1 Å². The fraction of sp³-hybridized carbons (Fsp3) is 0.444. The van der Waals surface area contributed by atoms with E-state index in [0.29, 0.717) is 11.4 Å². The summed E-state index contributed by atoms with van der Waals surface area (Å²) >= 11 is 1.73. The van der Waals surface area contributed by atoms with Crippen LogP contribution in [0.5, 0.6) is 0 Å². The third-order valence-electron chi connectivity index (χ3n) is 3.82. The Labute approximate surface area is 182 Å². The molecule has 0 aliphatic heterocycles. The molecule has 0 bridgehead atoms. The Bertz CT molecular complexity index is 842. The number of benzene rings is 1. The zero-order chi connectivity index (χ0) is 19.2. The normalized spacial score (nSPS) is 11.8. The minimum absolute atomic E-state index is 0. The van der Waals surface area contributed by atoms with Gasteiger partial charge in [0.25, 0.3) is 0 Å². The van der Waals surface area contributed by atoms with E-state index in [1.807, 2.05) is 13.8 Å². The van der Waals surface area contributed by atoms with E-state index >= 15 is 0 Å². The molecule has 2 rings (SSSR count). The van der Waals surface area contributed by atoms with E-state index in [2.05, 4.69) is 27.5 Å². The van der Waals surface area contributed by atoms with Gasteiger partial charge in [0.2, 0.25) is 0 Å². The molecule has 0 aliphatic rings. The smallest absolute Gasteiger partial charge is 0.191 e. The molecule has 1 heterocycles. The molecule has 27 heavy (non-hydrogen) atoms. The molecule has 1 aromatic carbocycles. The molecule has 0 saturated heterocycles. The summed E-state index contributed by atoms with van der Waals surface area (Å²) in [7, 11) is -3.16. The first-order valence-electron chi connectivity index (χ1n) is 8.53. The first-order chi connectivity index (χ1) is 12.3. The van der Waals surface area contributed by atoms with Crippen LogP contribution < -0.4 is 10.6 Å². The number of aryl methyl sites for hydroxylation is 2. The Hall–Kier alpha value is -1.20. The van der Waals surface area contributed by atoms with Crippen LogP contribution in [0.1, 0.15) is 28.1 Å². The summed E-state index contributed by atoms with van der Waals surface area (Å²) in [5.74, 6) is 0.740. The maximum atomic E-state index is 11.5. The van der Waals surface area contributed by atoms with Crippen molar-refractivity contribution >= 4 is 51.1 Å². The van der Waals surface area contributed by atoms with Crippen LogP contribution in [0.15, 0.2) is 34.2 Å². The molecule has 0 atom stereocenters. The van der Waals surface area contributed by atoms with E-state index in [9.17, 15) is 8.42 Å². The zero-order valence-corrected chi connectivity index (χ0v) is 20.0. The highest BCUT2D eigenvalue weighted by Gasteiger charge is 2.06. The van der Waals surface area contributed by atoms with Crippen LogP contribution in [0.2, 0.25) is 0 Å². The first kappa shape index (κ1) is 23.8. The molecule has 2 N–H and O–H groups in total. The highest BCUT2D eigenvalue weighted by molar-refractivity contribution is 14.0. The van der Waals surface area contributed by atoms with Crippen molar-refractivity contribution in [3.63, 3.8) is 0 Å². The van der Waals surface area contributed by atoms with Crippen molar-refractivity contribution in [2.45, 2.75) is 38.6 Å². The molecule has 0 radical (unpaired) electrons. The molecule has 0 saturated carbocycles. The van der Waals surface area contributed by atoms with Crippen molar-refractivity contribution in [1.29, 1.82) is 0 Å². The van der Waals surface area contributed by atoms with Gasteiger partial charge in [0.05, 0.1) is 22.1 Å². The highest BCUT2D eigenvalue weighted by Crippen LogP contribution is 2.16. The minimum atomic E-state index is -3.16. The van der Waals surface area contributed by atoms with Crippen LogP contribution in [-0.4, -0.2) is 38.7 Å². The fourth-order valence-electron chi connectivity index (χ4n) is 2.29. The summed E-state index contributed by atoms with van der Waals surface area (Å²) in [5.41, 5.74) is 2.06. The van der Waals surface area contributed by atoms with Crippen LogP contribution in [0, 0.1) is 13.8 Å². The highest BCUT2D eigenvalue weighted by atomic mass is 127. The molecule has 2 aromatic rings. The molecule has 1 aromatic heterocycles. The lowest BCUT2D eigenvalue weighted by Gasteiger charge is -2.10. The van der Waals surface area contributed by atoms with Gasteiger partial charge in [-0.05, 0) is 38.5 Å². The number of sulfone groups is 1. The molecule has 150 valence electrons. The van der Waals surface area contributed by atoms with Crippen molar-refractivity contribution in [3.8, 4) is 0 Å². The van der Waals surface area contributed by atoms with Crippen molar-refractivity contribution in [1.82, 2.24) is 15.6 Å². The summed E-state index contributed by atoms with van der Waals surface area (Å²) in [5, 5.41) is 7.66. The number of guanidine groups is 1. The molecule has 0 unspecified atom stereocenters. The predicted octanol–water partition coefficient (Wildman–Crippen LogP) is 3.08. The average molecular weight is 522 g/mol. The molecule has 0 spiro atoms. The van der Waals surface area contributed by atoms with Crippen molar-refractivity contribution in [2.75, 3.05) is 19.3 Å². The Balaban J connectivity index is 0.00000364. The lowest BCUT2D eigenvalue weighted by molar-refractivity contribution is 0.602. The van der Waals surface area contributed by atoms with Gasteiger partial charge in [0, 0.05) is 30.6 Å². The van der Waals surface area contributed by atoms with E-state index < -0.39 is 9.84 Å². The summed E-state index contributed by atoms with van der Waals surface area (Å²) in [6.45, 7) is 8.15. The van der Waals surface area contributed by atoms with Gasteiger partial charge in [0.1, 0.15) is 0 Å². The van der Waals surface area contributed by atoms with Gasteiger partial charge in [-0.3, -0.25) is 0 Å². The van der Waals surface area contributed by atoms with Crippen LogP contribution in [0.25, 0.3) is 0 Å². The molecule has 6 nitrogen and oxygen atoms in total. The number of thiazole rings is 1. The standard InChI is InChI=1S/C18H26N4O2S2.HI/c1-5-19-18(20-11-10-17-22-13(2)14(3)25-17)21-12-15-6-8-16(9-7-15)26(4,23)24;/h6-9H,5,10-12H2,1-4H3,(H2,19,20,21);1H. The summed E-state index contributed by atoms with van der Waals surface area (Å²) in [6.07, 6.45) is 2.06. The van der Waals surface area contributed by atoms with E-state index in [1.54, 1.807) is 35.6 Å². The Morgan fingerprint density at radius 3 is 2.37 bits per heavy atom. The molecule has 0 amide bonds. The van der Waals surface area contributed by atoms with Gasteiger partial charge in [-0.2, -0.15) is 0 Å². The average Bonchev–Trinajstić information content (AvgIpc) is 2.90. The van der Waals surface area contributed by atoms with Crippen molar-refractivity contribution in [2.24, 2.45) is 4.99 Å². The molecule has 9 heteroatoms. The number of aromatic nitrogens is 1. The van der Waals surface area contributed by atoms with Gasteiger partial charge >= 0.3 is 0 Å². The number of hydrogen-bond acceptors (Lipinski definition) is 5. The zero-order valence-electron chi connectivity index (χ0n) is 16.1. The van der Waals surface area contributed by atoms with Gasteiger partial charge < -0.3 is 10.6 Å². The minimum Gasteiger partial charge on any atom is -0.357 e. The third-order valence-corrected chi connectivity index (χ3v) is 6.08. The Kier molecular flexibility index (Phi) is 9.68. The maximum Gasteiger partial charge on any atom is 0.191 e. The van der Waals surface area contributed by atoms with Crippen LogP contribution in [-0.2, 0) is 22.8 Å². The van der Waals surface area contributed by atoms with Gasteiger partial charge in [-0.15, -0.1) is 35.3 Å². The second kappa shape index (κ2) is 11.0. The molecule has 0 aliphatic carbocycles. The number of hydrogen-bond donors (Lipinski definition) is 2. The van der Waals surface area contributed by atoms with Gasteiger partial charge in [0.15, 0.2) is 15.8 Å². The number of nitrogens with zero attached hydrogens (tertiary/aromatic N) is 2. The lowest BCUT2D eigenvalue weighted by Crippen LogP contribution is -2.38. The van der Waals surface area contributed by atoms with E-state index in [0.717, 1.165) is 41.7 Å². The molecular weight excluding hydrogens is 495 g/mol. The van der Waals surface area contributed by atoms with Gasteiger partial charge in [-0.25, -0.2) is 18.4 Å². The van der Waals surface area contributed by atoms with Crippen molar-refractivity contribution in [3.05, 3.63) is 45.4 Å². The number of aliphatic imine (C=N–C) groups is 1. The Morgan fingerprint density at radius 1 is 1.19 bits per heavy atom. The summed E-state index contributed by atoms with van der Waals surface area (Å²) < 4.78 is 23.0. The monoisotopic (exact) mass is 522 g/mol. The second-order valence-electron chi connectivity index (χ2n) is 6.04. The van der Waals surface area contributed by atoms with Crippen molar-refractivity contribution < 1.29 is 8.42 Å². The van der Waals surface area contributed by atoms with Crippen LogP contribution >= 0.6 is 35.3 Å². The summed E-state index contributed by atoms with van der Waals surface area (Å²) in [6, 6.07) is 6.83. The lowest BCUT2D eigenvalue weighted by atomic mass is 10.2. The largest absolute Gasteiger partial charge is 0.357 e. The van der Waals surface area contributed by atoms with Crippen LogP contribution in [0.4, 0.5) is 0 Å². The van der Waals surface area contributed by atoms with E-state index in [-0.39, 0.29) is 24.0 Å². The summed E-state index contributed by atoms with van der Waals surface area (Å²) in [4.78, 5) is 10.7. The third kappa shape index (κ3) is 7.74. The number of halogens is 1. The number of nitrogens with one attached hydrogen (secondary N) is 2. The predicted molar refractivity (Wildman–Crippen MR) is 123 cm³/mol. The fourth-order valence-corrected chi connectivity index (χ4v) is 3.85. The number of rotatable bonds is 7. The second-order valence-corrected chi connectivity index (χ2v) is 9.34. The molecule has 0 fully saturated rings. The quantitative estimate of drug-likeness (QED) is 0.332. The van der Waals surface area contributed by atoms with E-state index in [4.69, 9.17) is 0 Å².